The Morgan fingerprint density at radius 3 is 2.50 bits per heavy atom. The van der Waals surface area contributed by atoms with Gasteiger partial charge in [-0.1, -0.05) is 20.8 Å². The van der Waals surface area contributed by atoms with Crippen molar-refractivity contribution in [3.05, 3.63) is 17.0 Å². The number of fused-ring (bicyclic) bond motifs is 1. The smallest absolute Gasteiger partial charge is 0.343 e. The average Bonchev–Trinajstić information content (AvgIpc) is 3.06. The van der Waals surface area contributed by atoms with Crippen LogP contribution in [0.3, 0.4) is 0 Å². The van der Waals surface area contributed by atoms with Crippen LogP contribution in [-0.2, 0) is 17.8 Å². The van der Waals surface area contributed by atoms with Crippen LogP contribution < -0.4 is 10.6 Å². The highest BCUT2D eigenvalue weighted by atomic mass is 16.3. The maximum absolute atomic E-state index is 13.4. The molecule has 1 saturated carbocycles. The van der Waals surface area contributed by atoms with Crippen LogP contribution in [0.1, 0.15) is 69.3 Å². The lowest BCUT2D eigenvalue weighted by atomic mass is 9.74. The van der Waals surface area contributed by atoms with Crippen molar-refractivity contribution in [2.75, 3.05) is 27.2 Å². The molecule has 1 aromatic heterocycles. The Balaban J connectivity index is 1.96. The summed E-state index contributed by atoms with van der Waals surface area (Å²) in [7, 11) is 3.86. The summed E-state index contributed by atoms with van der Waals surface area (Å²) in [6.07, 6.45) is 4.67. The van der Waals surface area contributed by atoms with E-state index in [4.69, 9.17) is 5.10 Å². The fraction of sp³-hybridized carbons (Fsp3) is 0.773. The summed E-state index contributed by atoms with van der Waals surface area (Å²) in [5, 5.41) is 20.7. The Labute approximate surface area is 179 Å². The largest absolute Gasteiger partial charge is 0.393 e. The molecule has 30 heavy (non-hydrogen) atoms. The number of hydrogen-bond donors (Lipinski definition) is 3. The van der Waals surface area contributed by atoms with E-state index in [1.165, 1.54) is 4.68 Å². The van der Waals surface area contributed by atoms with Gasteiger partial charge < -0.3 is 25.4 Å². The normalized spacial score (nSPS) is 24.7. The molecule has 0 saturated heterocycles. The zero-order valence-electron chi connectivity index (χ0n) is 19.0. The van der Waals surface area contributed by atoms with E-state index in [0.29, 0.717) is 6.54 Å². The highest BCUT2D eigenvalue weighted by molar-refractivity contribution is 5.83. The lowest BCUT2D eigenvalue weighted by Crippen LogP contribution is -2.64. The molecule has 1 amide bonds. The first kappa shape index (κ1) is 22.9. The van der Waals surface area contributed by atoms with Crippen LogP contribution in [0.25, 0.3) is 0 Å². The van der Waals surface area contributed by atoms with Crippen LogP contribution in [0, 0.1) is 5.41 Å². The molecule has 3 rings (SSSR count). The molecule has 8 heteroatoms. The number of carbonyl (C=O) groups is 2. The number of aliphatic hydroxyl groups excluding tert-OH is 1. The molecule has 2 aliphatic rings. The second-order valence-corrected chi connectivity index (χ2v) is 10.0. The van der Waals surface area contributed by atoms with Crippen molar-refractivity contribution in [3.8, 4) is 0 Å². The van der Waals surface area contributed by atoms with E-state index < -0.39 is 11.0 Å². The van der Waals surface area contributed by atoms with E-state index in [0.717, 1.165) is 68.4 Å². The van der Waals surface area contributed by atoms with Crippen molar-refractivity contribution >= 4 is 12.3 Å². The van der Waals surface area contributed by atoms with Gasteiger partial charge in [-0.05, 0) is 45.2 Å². The van der Waals surface area contributed by atoms with Gasteiger partial charge in [-0.15, -0.1) is 0 Å². The summed E-state index contributed by atoms with van der Waals surface area (Å²) in [5.74, 6) is 0.262. The summed E-state index contributed by atoms with van der Waals surface area (Å²) in [5.41, 5.74) is 1.56. The average molecular weight is 420 g/mol. The van der Waals surface area contributed by atoms with Gasteiger partial charge in [-0.2, -0.15) is 9.78 Å². The minimum atomic E-state index is -1.04. The van der Waals surface area contributed by atoms with Gasteiger partial charge in [0.2, 0.25) is 0 Å². The van der Waals surface area contributed by atoms with E-state index in [2.05, 4.69) is 22.6 Å². The number of aliphatic hydroxyl groups is 1. The molecule has 1 fully saturated rings. The van der Waals surface area contributed by atoms with Gasteiger partial charge in [-0.25, -0.2) is 4.79 Å². The number of nitrogens with one attached hydrogen (secondary N) is 2. The van der Waals surface area contributed by atoms with Crippen molar-refractivity contribution in [1.29, 1.82) is 0 Å². The van der Waals surface area contributed by atoms with Crippen molar-refractivity contribution in [2.45, 2.75) is 77.0 Å². The standard InChI is InChI=1S/C22H37N5O3/c1-21(2,3)22(14-28,13-23-4)24-20(30)27-18-10-11-26(5)12-17(18)19(25-27)15-6-8-16(29)9-7-15/h14-16,23,29H,6-13H2,1-5H3,(H,24,30). The number of carbonyl (C=O) groups excluding carboxylic acids is 2. The predicted octanol–water partition coefficient (Wildman–Crippen LogP) is 1.65. The van der Waals surface area contributed by atoms with Gasteiger partial charge in [0.25, 0.3) is 0 Å². The van der Waals surface area contributed by atoms with Gasteiger partial charge in [-0.3, -0.25) is 0 Å². The molecule has 1 atom stereocenters. The van der Waals surface area contributed by atoms with Gasteiger partial charge in [0.05, 0.1) is 17.5 Å². The van der Waals surface area contributed by atoms with E-state index in [1.54, 1.807) is 7.05 Å². The quantitative estimate of drug-likeness (QED) is 0.628. The summed E-state index contributed by atoms with van der Waals surface area (Å²) in [6, 6.07) is -0.352. The topological polar surface area (TPSA) is 99.5 Å². The minimum absolute atomic E-state index is 0.230. The van der Waals surface area contributed by atoms with Crippen LogP contribution in [0.2, 0.25) is 0 Å². The van der Waals surface area contributed by atoms with Gasteiger partial charge >= 0.3 is 6.03 Å². The van der Waals surface area contributed by atoms with Crippen LogP contribution >= 0.6 is 0 Å². The maximum atomic E-state index is 13.4. The highest BCUT2D eigenvalue weighted by Gasteiger charge is 2.44. The molecule has 2 heterocycles. The third kappa shape index (κ3) is 4.31. The monoisotopic (exact) mass is 419 g/mol. The summed E-state index contributed by atoms with van der Waals surface area (Å²) >= 11 is 0. The molecule has 1 unspecified atom stereocenters. The summed E-state index contributed by atoms with van der Waals surface area (Å²) < 4.78 is 1.50. The first-order chi connectivity index (χ1) is 14.1. The summed E-state index contributed by atoms with van der Waals surface area (Å²) in [6.45, 7) is 7.82. The Kier molecular flexibility index (Phi) is 6.69. The molecule has 1 aliphatic carbocycles. The Bertz CT molecular complexity index is 776. The summed E-state index contributed by atoms with van der Waals surface area (Å²) in [4.78, 5) is 27.8. The number of likely N-dealkylation sites (N-methyl/N-ethyl adjacent to an activating group) is 2. The van der Waals surface area contributed by atoms with Crippen molar-refractivity contribution in [3.63, 3.8) is 0 Å². The first-order valence-electron chi connectivity index (χ1n) is 11.0. The number of nitrogens with zero attached hydrogens (tertiary/aromatic N) is 3. The van der Waals surface area contributed by atoms with Gasteiger partial charge in [0.15, 0.2) is 0 Å². The molecule has 0 aromatic carbocycles. The van der Waals surface area contributed by atoms with Crippen LogP contribution in [0.15, 0.2) is 0 Å². The molecule has 0 radical (unpaired) electrons. The van der Waals surface area contributed by atoms with Crippen molar-refractivity contribution in [1.82, 2.24) is 25.3 Å². The van der Waals surface area contributed by atoms with Crippen molar-refractivity contribution in [2.24, 2.45) is 5.41 Å². The van der Waals surface area contributed by atoms with Crippen LogP contribution in [0.5, 0.6) is 0 Å². The van der Waals surface area contributed by atoms with E-state index >= 15 is 0 Å². The third-order valence-electron chi connectivity index (χ3n) is 6.88. The van der Waals surface area contributed by atoms with E-state index in [1.807, 2.05) is 20.8 Å². The zero-order valence-corrected chi connectivity index (χ0v) is 19.0. The Morgan fingerprint density at radius 2 is 1.93 bits per heavy atom. The van der Waals surface area contributed by atoms with E-state index in [-0.39, 0.29) is 18.1 Å². The molecule has 8 nitrogen and oxygen atoms in total. The van der Waals surface area contributed by atoms with Gasteiger partial charge in [0, 0.05) is 37.5 Å². The second-order valence-electron chi connectivity index (χ2n) is 10.0. The maximum Gasteiger partial charge on any atom is 0.343 e. The van der Waals surface area contributed by atoms with Crippen molar-refractivity contribution < 1.29 is 14.7 Å². The molecular formula is C22H37N5O3. The van der Waals surface area contributed by atoms with E-state index in [9.17, 15) is 14.7 Å². The molecule has 3 N–H and O–H groups in total. The lowest BCUT2D eigenvalue weighted by Gasteiger charge is -2.40. The van der Waals surface area contributed by atoms with Crippen LogP contribution in [0.4, 0.5) is 4.79 Å². The first-order valence-corrected chi connectivity index (χ1v) is 11.0. The fourth-order valence-electron chi connectivity index (χ4n) is 4.69. The van der Waals surface area contributed by atoms with Gasteiger partial charge in [0.1, 0.15) is 11.8 Å². The minimum Gasteiger partial charge on any atom is -0.393 e. The number of aldehydes is 1. The second kappa shape index (κ2) is 8.77. The molecule has 1 aromatic rings. The molecule has 168 valence electrons. The number of hydrogen-bond acceptors (Lipinski definition) is 6. The number of amides is 1. The molecule has 1 aliphatic heterocycles. The number of aromatic nitrogens is 2. The molecule has 0 spiro atoms. The Morgan fingerprint density at radius 1 is 1.27 bits per heavy atom. The zero-order chi connectivity index (χ0) is 22.1. The fourth-order valence-corrected chi connectivity index (χ4v) is 4.69. The number of rotatable bonds is 5. The Hall–Kier alpha value is -1.77. The lowest BCUT2D eigenvalue weighted by molar-refractivity contribution is -0.116. The third-order valence-corrected chi connectivity index (χ3v) is 6.88. The molecular weight excluding hydrogens is 382 g/mol. The predicted molar refractivity (Wildman–Crippen MR) is 116 cm³/mol. The highest BCUT2D eigenvalue weighted by Crippen LogP contribution is 2.37. The van der Waals surface area contributed by atoms with Crippen LogP contribution in [-0.4, -0.2) is 70.9 Å². The SMILES string of the molecule is CNCC(C=O)(NC(=O)n1nc(C2CCC(O)CC2)c2c1CCN(C)C2)C(C)(C)C. The molecule has 0 bridgehead atoms.